The van der Waals surface area contributed by atoms with E-state index in [1.54, 1.807) is 27.7 Å². The summed E-state index contributed by atoms with van der Waals surface area (Å²) in [6.45, 7) is 9.05. The number of nitrogens with one attached hydrogen (secondary N) is 1. The Labute approximate surface area is 293 Å². The molecule has 272 valence electrons. The van der Waals surface area contributed by atoms with Crippen LogP contribution in [-0.2, 0) is 22.2 Å². The van der Waals surface area contributed by atoms with Gasteiger partial charge in [-0.2, -0.15) is 13.2 Å². The van der Waals surface area contributed by atoms with E-state index in [2.05, 4.69) is 16.1 Å². The molecule has 5 rings (SSSR count). The predicted molar refractivity (Wildman–Crippen MR) is 183 cm³/mol. The van der Waals surface area contributed by atoms with Gasteiger partial charge in [-0.05, 0) is 109 Å². The number of halogens is 5. The Kier molecular flexibility index (Phi) is 11.1. The maximum atomic E-state index is 15.9. The van der Waals surface area contributed by atoms with E-state index in [0.29, 0.717) is 47.3 Å². The van der Waals surface area contributed by atoms with Crippen molar-refractivity contribution in [2.75, 3.05) is 19.6 Å². The molecule has 2 aromatic carbocycles. The summed E-state index contributed by atoms with van der Waals surface area (Å²) in [6, 6.07) is 2.99. The number of likely N-dealkylation sites (tertiary alicyclic amines) is 1. The zero-order chi connectivity index (χ0) is 37.4. The summed E-state index contributed by atoms with van der Waals surface area (Å²) in [5, 5.41) is 12.4. The van der Waals surface area contributed by atoms with Crippen LogP contribution in [0, 0.1) is 55.6 Å². The van der Waals surface area contributed by atoms with Crippen molar-refractivity contribution in [3.8, 4) is 23.5 Å². The number of benzene rings is 2. The minimum Gasteiger partial charge on any atom is -0.481 e. The summed E-state index contributed by atoms with van der Waals surface area (Å²) >= 11 is 0. The average Bonchev–Trinajstić information content (AvgIpc) is 3.82. The number of nitrogens with zero attached hydrogens (tertiary/aromatic N) is 2. The van der Waals surface area contributed by atoms with E-state index in [1.807, 2.05) is 0 Å². The molecule has 1 aliphatic carbocycles. The van der Waals surface area contributed by atoms with Crippen LogP contribution in [0.5, 0.6) is 0 Å². The first kappa shape index (κ1) is 37.7. The van der Waals surface area contributed by atoms with E-state index in [0.717, 1.165) is 30.2 Å². The van der Waals surface area contributed by atoms with Gasteiger partial charge in [-0.15, -0.1) is 6.42 Å². The van der Waals surface area contributed by atoms with Crippen LogP contribution in [0.1, 0.15) is 85.0 Å². The molecular weight excluding hydrogens is 669 g/mol. The van der Waals surface area contributed by atoms with Gasteiger partial charge in [0, 0.05) is 37.5 Å². The molecule has 1 saturated heterocycles. The summed E-state index contributed by atoms with van der Waals surface area (Å²) in [4.78, 5) is 41.7. The lowest BCUT2D eigenvalue weighted by atomic mass is 9.89. The molecule has 12 heteroatoms. The Bertz CT molecular complexity index is 1900. The molecule has 0 spiro atoms. The summed E-state index contributed by atoms with van der Waals surface area (Å²) in [5.41, 5.74) is -0.735. The van der Waals surface area contributed by atoms with Crippen LogP contribution < -0.4 is 10.9 Å². The molecule has 3 aromatic rings. The van der Waals surface area contributed by atoms with Gasteiger partial charge in [0.2, 0.25) is 5.91 Å². The first-order valence-corrected chi connectivity index (χ1v) is 17.1. The van der Waals surface area contributed by atoms with Crippen LogP contribution in [-0.4, -0.2) is 46.1 Å². The van der Waals surface area contributed by atoms with Gasteiger partial charge < -0.3 is 19.9 Å². The second kappa shape index (κ2) is 15.0. The van der Waals surface area contributed by atoms with Gasteiger partial charge in [0.25, 0.3) is 5.56 Å². The van der Waals surface area contributed by atoms with E-state index >= 15 is 4.39 Å². The normalized spacial score (nSPS) is 16.4. The topological polar surface area (TPSA) is 91.6 Å². The highest BCUT2D eigenvalue weighted by Gasteiger charge is 2.39. The Balaban J connectivity index is 1.52. The highest BCUT2D eigenvalue weighted by molar-refractivity contribution is 5.82. The number of carboxylic acids is 1. The maximum Gasteiger partial charge on any atom is 0.416 e. The van der Waals surface area contributed by atoms with Crippen molar-refractivity contribution in [2.45, 2.75) is 78.1 Å². The van der Waals surface area contributed by atoms with Gasteiger partial charge in [0.1, 0.15) is 17.7 Å². The molecule has 0 bridgehead atoms. The van der Waals surface area contributed by atoms with Crippen molar-refractivity contribution in [3.05, 3.63) is 91.9 Å². The highest BCUT2D eigenvalue weighted by Crippen LogP contribution is 2.37. The smallest absolute Gasteiger partial charge is 0.416 e. The number of hydrogen-bond donors (Lipinski definition) is 2. The standard InChI is InChI=1S/C39H42F5N3O4/c1-6-26-13-27(36-22(4)10-29(40)11-23(36)5)14-30(37(26)41)32(16-35(49)50)45-38(51)33(9-21(2)3)47-20-28(31(15-34(47)48)39(42,43)44)12-25-18-46(19-25)17-24-7-8-24/h1,10-11,13-15,20-21,24-25,32-33H,7-9,12,16-19H2,2-5H3,(H,45,51)(H,49,50)/t32-,33+/m0/s1. The molecule has 1 amide bonds. The monoisotopic (exact) mass is 711 g/mol. The predicted octanol–water partition coefficient (Wildman–Crippen LogP) is 7.21. The molecule has 7 nitrogen and oxygen atoms in total. The summed E-state index contributed by atoms with van der Waals surface area (Å²) < 4.78 is 73.6. The second-order valence-corrected chi connectivity index (χ2v) is 14.5. The van der Waals surface area contributed by atoms with Gasteiger partial charge in [0.15, 0.2) is 0 Å². The van der Waals surface area contributed by atoms with E-state index in [1.165, 1.54) is 24.3 Å². The van der Waals surface area contributed by atoms with Crippen molar-refractivity contribution in [1.82, 2.24) is 14.8 Å². The number of terminal acetylenes is 1. The lowest BCUT2D eigenvalue weighted by molar-refractivity contribution is -0.139. The number of aliphatic carboxylic acids is 1. The molecule has 2 aliphatic rings. The van der Waals surface area contributed by atoms with Crippen LogP contribution in [0.25, 0.3) is 11.1 Å². The fourth-order valence-electron chi connectivity index (χ4n) is 7.18. The number of rotatable bonds is 13. The lowest BCUT2D eigenvalue weighted by Crippen LogP contribution is -2.48. The summed E-state index contributed by atoms with van der Waals surface area (Å²) in [5.74, 6) is -1.07. The van der Waals surface area contributed by atoms with Gasteiger partial charge in [-0.25, -0.2) is 8.78 Å². The van der Waals surface area contributed by atoms with E-state index < -0.39 is 59.3 Å². The second-order valence-electron chi connectivity index (χ2n) is 14.5. The number of amides is 1. The first-order chi connectivity index (χ1) is 23.9. The Morgan fingerprint density at radius 2 is 1.69 bits per heavy atom. The number of hydrogen-bond acceptors (Lipinski definition) is 4. The number of carbonyl (C=O) groups excluding carboxylic acids is 1. The van der Waals surface area contributed by atoms with Gasteiger partial charge >= 0.3 is 12.1 Å². The van der Waals surface area contributed by atoms with Crippen LogP contribution >= 0.6 is 0 Å². The van der Waals surface area contributed by atoms with Gasteiger partial charge in [-0.1, -0.05) is 19.8 Å². The molecule has 51 heavy (non-hydrogen) atoms. The number of aromatic nitrogens is 1. The number of aryl methyl sites for hydroxylation is 2. The van der Waals surface area contributed by atoms with Crippen molar-refractivity contribution in [2.24, 2.45) is 17.8 Å². The van der Waals surface area contributed by atoms with E-state index in [9.17, 15) is 37.1 Å². The first-order valence-electron chi connectivity index (χ1n) is 17.1. The number of carboxylic acid groups (broad SMARTS) is 1. The number of alkyl halides is 3. The fourth-order valence-corrected chi connectivity index (χ4v) is 7.18. The minimum absolute atomic E-state index is 0.0149. The zero-order valence-electron chi connectivity index (χ0n) is 29.0. The van der Waals surface area contributed by atoms with Crippen LogP contribution in [0.3, 0.4) is 0 Å². The van der Waals surface area contributed by atoms with Crippen LogP contribution in [0.15, 0.2) is 41.3 Å². The third-order valence-electron chi connectivity index (χ3n) is 9.67. The Morgan fingerprint density at radius 1 is 1.04 bits per heavy atom. The number of pyridine rings is 1. The van der Waals surface area contributed by atoms with Crippen molar-refractivity contribution < 1.29 is 36.6 Å². The Morgan fingerprint density at radius 3 is 2.24 bits per heavy atom. The number of carbonyl (C=O) groups is 2. The Hall–Kier alpha value is -4.50. The summed E-state index contributed by atoms with van der Waals surface area (Å²) in [6.07, 6.45) is 3.54. The van der Waals surface area contributed by atoms with Crippen molar-refractivity contribution in [1.29, 1.82) is 0 Å². The van der Waals surface area contributed by atoms with Crippen LogP contribution in [0.4, 0.5) is 22.0 Å². The van der Waals surface area contributed by atoms with Gasteiger partial charge in [0.05, 0.1) is 23.6 Å². The third kappa shape index (κ3) is 8.87. The zero-order valence-corrected chi connectivity index (χ0v) is 29.0. The third-order valence-corrected chi connectivity index (χ3v) is 9.67. The van der Waals surface area contributed by atoms with Crippen LogP contribution in [0.2, 0.25) is 0 Å². The molecule has 2 heterocycles. The maximum absolute atomic E-state index is 15.9. The molecule has 1 saturated carbocycles. The minimum atomic E-state index is -4.80. The highest BCUT2D eigenvalue weighted by atomic mass is 19.4. The summed E-state index contributed by atoms with van der Waals surface area (Å²) in [7, 11) is 0. The molecule has 2 N–H and O–H groups in total. The fraction of sp³-hybridized carbons (Fsp3) is 0.462. The molecule has 0 unspecified atom stereocenters. The quantitative estimate of drug-likeness (QED) is 0.145. The molecule has 2 fully saturated rings. The molecular formula is C39H42F5N3O4. The van der Waals surface area contributed by atoms with Gasteiger partial charge in [-0.3, -0.25) is 14.4 Å². The van der Waals surface area contributed by atoms with E-state index in [-0.39, 0.29) is 41.4 Å². The SMILES string of the molecule is C#Cc1cc(-c2c(C)cc(F)cc2C)cc([C@H](CC(=O)O)NC(=O)[C@@H](CC(C)C)n2cc(CC3CN(CC4CC4)C3)c(C(F)(F)F)cc2=O)c1F. The lowest BCUT2D eigenvalue weighted by Gasteiger charge is -2.40. The van der Waals surface area contributed by atoms with Crippen molar-refractivity contribution in [3.63, 3.8) is 0 Å². The van der Waals surface area contributed by atoms with Crippen molar-refractivity contribution >= 4 is 11.9 Å². The average molecular weight is 712 g/mol. The largest absolute Gasteiger partial charge is 0.481 e. The molecule has 2 atom stereocenters. The molecule has 1 aliphatic heterocycles. The molecule has 0 radical (unpaired) electrons. The van der Waals surface area contributed by atoms with E-state index in [4.69, 9.17) is 6.42 Å². The molecule has 1 aromatic heterocycles.